The Labute approximate surface area is 201 Å². The number of ketones is 2. The molecule has 178 valence electrons. The maximum Gasteiger partial charge on any atom is 0.416 e. The fraction of sp³-hybridized carbons (Fsp3) is 0.429. The van der Waals surface area contributed by atoms with Gasteiger partial charge in [-0.05, 0) is 48.9 Å². The second kappa shape index (κ2) is 8.34. The highest BCUT2D eigenvalue weighted by Gasteiger charge is 2.63. The van der Waals surface area contributed by atoms with Gasteiger partial charge < -0.3 is 4.85 Å². The second-order valence-corrected chi connectivity index (χ2v) is 10.1. The number of benzene rings is 2. The maximum atomic E-state index is 13.5. The summed E-state index contributed by atoms with van der Waals surface area (Å²) in [7, 11) is 0. The number of nitriles is 1. The number of aryl methyl sites for hydroxylation is 1. The van der Waals surface area contributed by atoms with E-state index in [1.165, 1.54) is 12.1 Å². The third-order valence-electron chi connectivity index (χ3n) is 8.36. The number of nitrogens with zero attached hydrogens (tertiary/aromatic N) is 2. The molecule has 3 aliphatic rings. The zero-order chi connectivity index (χ0) is 25.1. The van der Waals surface area contributed by atoms with Crippen molar-refractivity contribution in [2.45, 2.75) is 43.8 Å². The quantitative estimate of drug-likeness (QED) is 0.520. The lowest BCUT2D eigenvalue weighted by Gasteiger charge is -2.33. The average molecular weight is 476 g/mol. The first kappa shape index (κ1) is 23.3. The van der Waals surface area contributed by atoms with Crippen molar-refractivity contribution < 1.29 is 22.8 Å². The van der Waals surface area contributed by atoms with E-state index in [2.05, 4.69) is 10.9 Å². The topological polar surface area (TPSA) is 62.3 Å². The number of rotatable bonds is 2. The summed E-state index contributed by atoms with van der Waals surface area (Å²) in [6, 6.07) is 13.8. The van der Waals surface area contributed by atoms with Crippen LogP contribution >= 0.6 is 0 Å². The highest BCUT2D eigenvalue weighted by Crippen LogP contribution is 2.58. The lowest BCUT2D eigenvalue weighted by atomic mass is 9.68. The predicted molar refractivity (Wildman–Crippen MR) is 121 cm³/mol. The van der Waals surface area contributed by atoms with Crippen LogP contribution in [0, 0.1) is 54.4 Å². The van der Waals surface area contributed by atoms with Crippen LogP contribution in [0.4, 0.5) is 13.2 Å². The van der Waals surface area contributed by atoms with Crippen molar-refractivity contribution in [2.75, 3.05) is 0 Å². The third kappa shape index (κ3) is 3.65. The van der Waals surface area contributed by atoms with Crippen LogP contribution in [0.1, 0.15) is 46.9 Å². The van der Waals surface area contributed by atoms with Gasteiger partial charge in [0.25, 0.3) is 0 Å². The summed E-state index contributed by atoms with van der Waals surface area (Å²) in [5.41, 5.74) is 1.47. The Morgan fingerprint density at radius 1 is 0.886 bits per heavy atom. The summed E-state index contributed by atoms with van der Waals surface area (Å²) in [6.45, 7) is 9.80. The molecule has 35 heavy (non-hydrogen) atoms. The van der Waals surface area contributed by atoms with Gasteiger partial charge in [-0.3, -0.25) is 9.59 Å². The van der Waals surface area contributed by atoms with E-state index in [4.69, 9.17) is 6.57 Å². The predicted octanol–water partition coefficient (Wildman–Crippen LogP) is 5.73. The van der Waals surface area contributed by atoms with Crippen LogP contribution in [0.15, 0.2) is 48.5 Å². The highest BCUT2D eigenvalue weighted by atomic mass is 19.4. The number of halogens is 3. The van der Waals surface area contributed by atoms with Crippen molar-refractivity contribution in [2.24, 2.45) is 29.6 Å². The molecule has 0 heterocycles. The van der Waals surface area contributed by atoms with Gasteiger partial charge in [-0.15, -0.1) is 0 Å². The fourth-order valence-corrected chi connectivity index (χ4v) is 6.72. The zero-order valence-corrected chi connectivity index (χ0v) is 19.0. The van der Waals surface area contributed by atoms with Gasteiger partial charge in [0.1, 0.15) is 11.7 Å². The molecule has 0 amide bonds. The average Bonchev–Trinajstić information content (AvgIpc) is 3.28. The number of hydrogen-bond donors (Lipinski definition) is 0. The number of alkyl halides is 3. The number of Topliss-reactive ketones (excluding diaryl/α,β-unsaturated/α-hetero) is 2. The monoisotopic (exact) mass is 476 g/mol. The summed E-state index contributed by atoms with van der Waals surface area (Å²) >= 11 is 0. The number of fused-ring (bicyclic) bond motifs is 2. The van der Waals surface area contributed by atoms with E-state index in [0.29, 0.717) is 18.4 Å². The van der Waals surface area contributed by atoms with Crippen LogP contribution in [0.25, 0.3) is 4.85 Å². The van der Waals surface area contributed by atoms with Crippen LogP contribution in [-0.2, 0) is 15.8 Å². The summed E-state index contributed by atoms with van der Waals surface area (Å²) in [5.74, 6) is -3.70. The van der Waals surface area contributed by atoms with Gasteiger partial charge in [-0.2, -0.15) is 18.4 Å². The molecule has 3 saturated carbocycles. The first-order valence-corrected chi connectivity index (χ1v) is 11.7. The van der Waals surface area contributed by atoms with Gasteiger partial charge in [-0.25, -0.2) is 6.57 Å². The van der Waals surface area contributed by atoms with Gasteiger partial charge in [0.15, 0.2) is 5.78 Å². The number of carbonyl (C=O) groups excluding carboxylic acids is 2. The summed E-state index contributed by atoms with van der Waals surface area (Å²) in [4.78, 5) is 30.8. The molecule has 4 nitrogen and oxygen atoms in total. The molecular weight excluding hydrogens is 453 g/mol. The Morgan fingerprint density at radius 3 is 2.00 bits per heavy atom. The van der Waals surface area contributed by atoms with Crippen molar-refractivity contribution in [1.29, 1.82) is 5.26 Å². The minimum Gasteiger partial charge on any atom is -0.312 e. The molecule has 0 bridgehead atoms. The minimum atomic E-state index is -4.48. The van der Waals surface area contributed by atoms with E-state index in [0.717, 1.165) is 23.3 Å². The number of hydrogen-bond acceptors (Lipinski definition) is 3. The molecule has 3 fully saturated rings. The normalized spacial score (nSPS) is 34.1. The lowest BCUT2D eigenvalue weighted by Crippen LogP contribution is -2.35. The Balaban J connectivity index is 1.45. The van der Waals surface area contributed by atoms with E-state index in [1.807, 2.05) is 31.2 Å². The van der Waals surface area contributed by atoms with Crippen molar-refractivity contribution in [3.8, 4) is 6.07 Å². The minimum absolute atomic E-state index is 0.0161. The molecule has 7 heteroatoms. The molecule has 2 aromatic rings. The lowest BCUT2D eigenvalue weighted by molar-refractivity contribution is -0.137. The molecule has 8 atom stereocenters. The van der Waals surface area contributed by atoms with Crippen LogP contribution in [-0.4, -0.2) is 17.6 Å². The van der Waals surface area contributed by atoms with Gasteiger partial charge in [0, 0.05) is 17.8 Å². The van der Waals surface area contributed by atoms with E-state index in [9.17, 15) is 28.0 Å². The summed E-state index contributed by atoms with van der Waals surface area (Å²) < 4.78 is 39.0. The van der Waals surface area contributed by atoms with Crippen LogP contribution in [0.2, 0.25) is 0 Å². The van der Waals surface area contributed by atoms with Gasteiger partial charge in [0.05, 0.1) is 23.5 Å². The Kier molecular flexibility index (Phi) is 5.55. The molecule has 0 aliphatic heterocycles. The Bertz CT molecular complexity index is 1250. The molecule has 0 N–H and O–H groups in total. The van der Waals surface area contributed by atoms with Crippen molar-refractivity contribution >= 4 is 11.6 Å². The molecule has 0 saturated heterocycles. The van der Waals surface area contributed by atoms with Crippen LogP contribution in [0.5, 0.6) is 0 Å². The van der Waals surface area contributed by atoms with E-state index in [-0.39, 0.29) is 23.4 Å². The van der Waals surface area contributed by atoms with Crippen LogP contribution in [0.3, 0.4) is 0 Å². The standard InChI is InChI=1S/C28H23F3N2O2/c1-14-3-5-16(6-4-14)24-25(33-2)19-11-18-20(12-21(19)27(24)35)26(34)23(22(18)13-32)15-7-9-17(10-8-15)28(29,30)31/h3-10,18-25H,11-12H2,1H3. The van der Waals surface area contributed by atoms with Gasteiger partial charge >= 0.3 is 6.18 Å². The van der Waals surface area contributed by atoms with E-state index < -0.39 is 47.4 Å². The summed E-state index contributed by atoms with van der Waals surface area (Å²) in [5, 5.41) is 10.0. The van der Waals surface area contributed by atoms with E-state index >= 15 is 0 Å². The maximum absolute atomic E-state index is 13.5. The molecule has 0 radical (unpaired) electrons. The Hall–Kier alpha value is -3.45. The molecule has 5 rings (SSSR count). The molecule has 3 aliphatic carbocycles. The van der Waals surface area contributed by atoms with Gasteiger partial charge in [0.2, 0.25) is 6.04 Å². The molecule has 0 spiro atoms. The van der Waals surface area contributed by atoms with E-state index in [1.54, 1.807) is 0 Å². The zero-order valence-electron chi connectivity index (χ0n) is 19.0. The van der Waals surface area contributed by atoms with Crippen LogP contribution < -0.4 is 0 Å². The molecule has 8 unspecified atom stereocenters. The smallest absolute Gasteiger partial charge is 0.312 e. The third-order valence-corrected chi connectivity index (χ3v) is 8.36. The first-order chi connectivity index (χ1) is 16.7. The largest absolute Gasteiger partial charge is 0.416 e. The summed E-state index contributed by atoms with van der Waals surface area (Å²) in [6.07, 6.45) is -3.75. The van der Waals surface area contributed by atoms with Crippen molar-refractivity contribution in [3.05, 3.63) is 82.2 Å². The van der Waals surface area contributed by atoms with Gasteiger partial charge in [-0.1, -0.05) is 42.0 Å². The first-order valence-electron chi connectivity index (χ1n) is 11.7. The molecule has 2 aromatic carbocycles. The van der Waals surface area contributed by atoms with Crippen molar-refractivity contribution in [3.63, 3.8) is 0 Å². The highest BCUT2D eigenvalue weighted by molar-refractivity contribution is 5.95. The second-order valence-electron chi connectivity index (χ2n) is 10.1. The fourth-order valence-electron chi connectivity index (χ4n) is 6.72. The van der Waals surface area contributed by atoms with Crippen molar-refractivity contribution in [1.82, 2.24) is 0 Å². The molecule has 0 aromatic heterocycles. The molecular formula is C28H23F3N2O2. The Morgan fingerprint density at radius 2 is 1.43 bits per heavy atom. The number of carbonyl (C=O) groups is 2. The SMILES string of the molecule is [C-]#[N+]C1C(c2ccc(C)cc2)C(=O)C2CC3C(=O)C(c4ccc(C(F)(F)F)cc4)C(C#N)C3CC21.